The maximum atomic E-state index is 14.2. The number of aliphatic hydroxyl groups excluding tert-OH is 1. The number of carbonyl (C=O) groups excluding carboxylic acids is 1. The van der Waals surface area contributed by atoms with Crippen molar-refractivity contribution >= 4 is 23.2 Å². The number of ether oxygens (including phenoxy) is 1. The van der Waals surface area contributed by atoms with Gasteiger partial charge in [-0.2, -0.15) is 18.3 Å². The lowest BCUT2D eigenvalue weighted by Crippen LogP contribution is -2.50. The van der Waals surface area contributed by atoms with E-state index in [4.69, 9.17) is 16.3 Å². The molecule has 210 valence electrons. The number of halogens is 4. The maximum Gasteiger partial charge on any atom is 0.433 e. The van der Waals surface area contributed by atoms with Crippen LogP contribution in [0.2, 0.25) is 5.15 Å². The molecule has 1 N–H and O–H groups in total. The van der Waals surface area contributed by atoms with Crippen molar-refractivity contribution in [2.75, 3.05) is 39.9 Å². The van der Waals surface area contributed by atoms with Gasteiger partial charge in [-0.15, -0.1) is 0 Å². The topological polar surface area (TPSA) is 96.1 Å². The molecule has 40 heavy (non-hydrogen) atoms. The first-order chi connectivity index (χ1) is 19.1. The van der Waals surface area contributed by atoms with E-state index < -0.39 is 23.8 Å². The number of benzene rings is 1. The largest absolute Gasteiger partial charge is 0.497 e. The Morgan fingerprint density at radius 2 is 1.85 bits per heavy atom. The molecular formula is C27H26ClF3N6O3. The molecule has 9 nitrogen and oxygen atoms in total. The molecule has 13 heteroatoms. The lowest BCUT2D eigenvalue weighted by atomic mass is 10.0. The van der Waals surface area contributed by atoms with Gasteiger partial charge in [-0.25, -0.2) is 14.5 Å². The summed E-state index contributed by atoms with van der Waals surface area (Å²) in [7, 11) is 1.49. The third kappa shape index (κ3) is 5.09. The second kappa shape index (κ2) is 11.0. The van der Waals surface area contributed by atoms with Crippen molar-refractivity contribution in [2.45, 2.75) is 19.1 Å². The molecule has 0 radical (unpaired) electrons. The summed E-state index contributed by atoms with van der Waals surface area (Å²) in [6, 6.07) is 9.63. The summed E-state index contributed by atoms with van der Waals surface area (Å²) in [6.45, 7) is 2.55. The molecule has 0 unspecified atom stereocenters. The minimum Gasteiger partial charge on any atom is -0.497 e. The maximum absolute atomic E-state index is 14.2. The fraction of sp³-hybridized carbons (Fsp3) is 0.333. The second-order valence-corrected chi connectivity index (χ2v) is 9.72. The number of nitrogens with zero attached hydrogens (tertiary/aromatic N) is 6. The van der Waals surface area contributed by atoms with Gasteiger partial charge in [-0.1, -0.05) is 17.7 Å². The van der Waals surface area contributed by atoms with Gasteiger partial charge in [-0.3, -0.25) is 9.69 Å². The van der Waals surface area contributed by atoms with E-state index >= 15 is 0 Å². The number of hydrogen-bond donors (Lipinski definition) is 1. The van der Waals surface area contributed by atoms with E-state index in [-0.39, 0.29) is 42.2 Å². The summed E-state index contributed by atoms with van der Waals surface area (Å²) in [5.74, 6) is 0.0758. The number of piperazine rings is 1. The highest BCUT2D eigenvalue weighted by Crippen LogP contribution is 2.37. The van der Waals surface area contributed by atoms with Crippen LogP contribution in [0.15, 0.2) is 48.8 Å². The van der Waals surface area contributed by atoms with Crippen LogP contribution in [0.1, 0.15) is 33.2 Å². The molecule has 1 aliphatic heterocycles. The molecule has 1 saturated heterocycles. The predicted octanol–water partition coefficient (Wildman–Crippen LogP) is 4.27. The molecule has 0 spiro atoms. The number of methoxy groups -OCH3 is 1. The van der Waals surface area contributed by atoms with Crippen LogP contribution in [0.5, 0.6) is 5.75 Å². The lowest BCUT2D eigenvalue weighted by Gasteiger charge is -2.38. The first-order valence-electron chi connectivity index (χ1n) is 12.5. The predicted molar refractivity (Wildman–Crippen MR) is 141 cm³/mol. The molecule has 4 heterocycles. The Kier molecular flexibility index (Phi) is 7.67. The Bertz CT molecular complexity index is 1540. The Balaban J connectivity index is 1.46. The number of aromatic nitrogens is 4. The summed E-state index contributed by atoms with van der Waals surface area (Å²) < 4.78 is 48.6. The summed E-state index contributed by atoms with van der Waals surface area (Å²) in [5.41, 5.74) is -0.0745. The number of pyridine rings is 1. The number of alkyl halides is 3. The molecule has 1 fully saturated rings. The van der Waals surface area contributed by atoms with Gasteiger partial charge in [0.25, 0.3) is 5.91 Å². The zero-order chi connectivity index (χ0) is 28.6. The molecule has 1 aliphatic rings. The minimum absolute atomic E-state index is 0.0253. The smallest absolute Gasteiger partial charge is 0.433 e. The van der Waals surface area contributed by atoms with Crippen molar-refractivity contribution in [2.24, 2.45) is 0 Å². The van der Waals surface area contributed by atoms with Crippen LogP contribution in [0.25, 0.3) is 16.9 Å². The molecule has 1 amide bonds. The third-order valence-electron chi connectivity index (χ3n) is 7.11. The van der Waals surface area contributed by atoms with E-state index in [0.29, 0.717) is 39.6 Å². The SMILES string of the molecule is COc1ccc(-c2nc3c(C(=O)N4CCN([C@H](CO)c5cccnc5Cl)CC4)cnn3c(C(F)(F)F)c2C)cc1. The molecule has 4 aromatic rings. The number of hydrogen-bond acceptors (Lipinski definition) is 7. The molecule has 0 aliphatic carbocycles. The van der Waals surface area contributed by atoms with Crippen molar-refractivity contribution in [1.82, 2.24) is 29.4 Å². The summed E-state index contributed by atoms with van der Waals surface area (Å²) in [6.07, 6.45) is -2.04. The van der Waals surface area contributed by atoms with Crippen molar-refractivity contribution in [3.05, 3.63) is 76.3 Å². The van der Waals surface area contributed by atoms with Crippen LogP contribution in [-0.2, 0) is 6.18 Å². The summed E-state index contributed by atoms with van der Waals surface area (Å²) in [4.78, 5) is 25.7. The number of fused-ring (bicyclic) bond motifs is 1. The summed E-state index contributed by atoms with van der Waals surface area (Å²) >= 11 is 6.23. The zero-order valence-corrected chi connectivity index (χ0v) is 22.4. The highest BCUT2D eigenvalue weighted by molar-refractivity contribution is 6.30. The first kappa shape index (κ1) is 27.8. The van der Waals surface area contributed by atoms with Crippen LogP contribution >= 0.6 is 11.6 Å². The molecule has 1 atom stereocenters. The van der Waals surface area contributed by atoms with Crippen LogP contribution in [0.3, 0.4) is 0 Å². The number of aliphatic hydroxyl groups is 1. The number of amides is 1. The molecule has 0 saturated carbocycles. The quantitative estimate of drug-likeness (QED) is 0.344. The van der Waals surface area contributed by atoms with Crippen molar-refractivity contribution < 1.29 is 27.8 Å². The average molecular weight is 575 g/mol. The second-order valence-electron chi connectivity index (χ2n) is 9.36. The van der Waals surface area contributed by atoms with Crippen LogP contribution < -0.4 is 4.74 Å². The molecule has 3 aromatic heterocycles. The average Bonchev–Trinajstić information content (AvgIpc) is 3.36. The Hall–Kier alpha value is -3.74. The van der Waals surface area contributed by atoms with Gasteiger partial charge in [0.05, 0.1) is 31.6 Å². The van der Waals surface area contributed by atoms with E-state index in [0.717, 1.165) is 6.20 Å². The monoisotopic (exact) mass is 574 g/mol. The number of rotatable bonds is 6. The van der Waals surface area contributed by atoms with E-state index in [1.807, 2.05) is 4.90 Å². The van der Waals surface area contributed by atoms with E-state index in [1.54, 1.807) is 47.5 Å². The molecule has 5 rings (SSSR count). The van der Waals surface area contributed by atoms with Crippen molar-refractivity contribution in [3.8, 4) is 17.0 Å². The highest BCUT2D eigenvalue weighted by Gasteiger charge is 2.39. The Morgan fingerprint density at radius 1 is 1.15 bits per heavy atom. The standard InChI is InChI=1S/C27H26ClF3N6O3/c1-16-22(17-5-7-18(40-2)8-6-17)34-25-20(14-33-37(25)23(16)27(29,30)31)26(39)36-12-10-35(11-13-36)21(15-38)19-4-3-9-32-24(19)28/h3-9,14,21,38H,10-13,15H2,1-2H3/t21-/m1/s1. The minimum atomic E-state index is -4.74. The molecule has 0 bridgehead atoms. The van der Waals surface area contributed by atoms with Gasteiger partial charge in [0, 0.05) is 49.1 Å². The van der Waals surface area contributed by atoms with Gasteiger partial charge < -0.3 is 14.7 Å². The van der Waals surface area contributed by atoms with Gasteiger partial charge in [-0.05, 0) is 37.3 Å². The van der Waals surface area contributed by atoms with Crippen LogP contribution in [-0.4, -0.2) is 80.3 Å². The van der Waals surface area contributed by atoms with Gasteiger partial charge in [0.2, 0.25) is 0 Å². The summed E-state index contributed by atoms with van der Waals surface area (Å²) in [5, 5.41) is 14.3. The first-order valence-corrected chi connectivity index (χ1v) is 12.9. The zero-order valence-electron chi connectivity index (χ0n) is 21.7. The van der Waals surface area contributed by atoms with Gasteiger partial charge in [0.1, 0.15) is 16.5 Å². The fourth-order valence-electron chi connectivity index (χ4n) is 5.05. The van der Waals surface area contributed by atoms with Crippen molar-refractivity contribution in [1.29, 1.82) is 0 Å². The fourth-order valence-corrected chi connectivity index (χ4v) is 5.30. The number of carbonyl (C=O) groups is 1. The van der Waals surface area contributed by atoms with E-state index in [9.17, 15) is 23.1 Å². The van der Waals surface area contributed by atoms with E-state index in [1.165, 1.54) is 14.0 Å². The van der Waals surface area contributed by atoms with E-state index in [2.05, 4.69) is 15.1 Å². The van der Waals surface area contributed by atoms with Crippen LogP contribution in [0, 0.1) is 6.92 Å². The highest BCUT2D eigenvalue weighted by atomic mass is 35.5. The Morgan fingerprint density at radius 3 is 2.45 bits per heavy atom. The van der Waals surface area contributed by atoms with Crippen LogP contribution in [0.4, 0.5) is 13.2 Å². The van der Waals surface area contributed by atoms with Gasteiger partial charge >= 0.3 is 6.18 Å². The van der Waals surface area contributed by atoms with Crippen molar-refractivity contribution in [3.63, 3.8) is 0 Å². The molecular weight excluding hydrogens is 549 g/mol. The Labute approximate surface area is 232 Å². The molecule has 1 aromatic carbocycles. The normalized spacial score (nSPS) is 15.4. The van der Waals surface area contributed by atoms with Gasteiger partial charge in [0.15, 0.2) is 11.3 Å². The third-order valence-corrected chi connectivity index (χ3v) is 7.42. The lowest BCUT2D eigenvalue weighted by molar-refractivity contribution is -0.143.